The molecular weight excluding hydrogens is 388 g/mol. The number of nitrogens with zero attached hydrogens (tertiary/aromatic N) is 2. The Kier molecular flexibility index (Phi) is 9.71. The third kappa shape index (κ3) is 6.60. The number of aryl methyl sites for hydroxylation is 1. The predicted molar refractivity (Wildman–Crippen MR) is 120 cm³/mol. The maximum Gasteiger partial charge on any atom is 0.265 e. The van der Waals surface area contributed by atoms with Crippen LogP contribution in [-0.4, -0.2) is 35.4 Å². The molecule has 1 amide bonds. The number of oxime groups is 1. The van der Waals surface area contributed by atoms with E-state index in [9.17, 15) is 4.79 Å². The van der Waals surface area contributed by atoms with Gasteiger partial charge < -0.3 is 15.8 Å². The number of nitrogens with one attached hydrogen (secondary N) is 2. The Morgan fingerprint density at radius 2 is 1.79 bits per heavy atom. The summed E-state index contributed by atoms with van der Waals surface area (Å²) in [5, 5.41) is 18.6. The van der Waals surface area contributed by atoms with Gasteiger partial charge in [0, 0.05) is 29.9 Å². The number of aromatic nitrogens is 1. The highest BCUT2D eigenvalue weighted by Crippen LogP contribution is 2.33. The highest BCUT2D eigenvalue weighted by Gasteiger charge is 2.17. The number of fused-ring (bicyclic) bond motifs is 2. The van der Waals surface area contributed by atoms with Gasteiger partial charge >= 0.3 is 0 Å². The molecule has 0 aliphatic heterocycles. The average Bonchev–Trinajstić information content (AvgIpc) is 2.72. The Morgan fingerprint density at radius 1 is 1.07 bits per heavy atom. The normalized spacial score (nSPS) is 13.1. The minimum atomic E-state index is -0.348. The second-order valence-electron chi connectivity index (χ2n) is 7.37. The van der Waals surface area contributed by atoms with E-state index >= 15 is 0 Å². The molecule has 0 fully saturated rings. The lowest BCUT2D eigenvalue weighted by molar-refractivity contribution is -0.114. The molecule has 1 aliphatic rings. The quantitative estimate of drug-likeness (QED) is 0.230. The SMILES string of the molecule is Cl.O=C(/C=N/O)NCCCCCCCNc1c2c(nc3ccccc13)CCCC2. The van der Waals surface area contributed by atoms with Crippen LogP contribution in [0.25, 0.3) is 10.9 Å². The lowest BCUT2D eigenvalue weighted by Crippen LogP contribution is -2.25. The monoisotopic (exact) mass is 418 g/mol. The number of unbranched alkanes of at least 4 members (excludes halogenated alkanes) is 4. The summed E-state index contributed by atoms with van der Waals surface area (Å²) < 4.78 is 0. The maximum absolute atomic E-state index is 11.1. The molecule has 0 atom stereocenters. The third-order valence-electron chi connectivity index (χ3n) is 5.30. The highest BCUT2D eigenvalue weighted by molar-refractivity contribution is 6.25. The summed E-state index contributed by atoms with van der Waals surface area (Å²) >= 11 is 0. The molecule has 3 rings (SSSR count). The first-order valence-electron chi connectivity index (χ1n) is 10.4. The maximum atomic E-state index is 11.1. The number of benzene rings is 1. The molecule has 0 bridgehead atoms. The summed E-state index contributed by atoms with van der Waals surface area (Å²) in [4.78, 5) is 16.0. The van der Waals surface area contributed by atoms with Crippen LogP contribution in [0.2, 0.25) is 0 Å². The molecule has 1 aromatic heterocycles. The molecule has 29 heavy (non-hydrogen) atoms. The molecule has 3 N–H and O–H groups in total. The number of pyridine rings is 1. The number of carbonyl (C=O) groups excluding carboxylic acids is 1. The Bertz CT molecular complexity index is 826. The van der Waals surface area contributed by atoms with Crippen LogP contribution >= 0.6 is 12.4 Å². The molecule has 0 saturated heterocycles. The van der Waals surface area contributed by atoms with Crippen LogP contribution < -0.4 is 10.6 Å². The van der Waals surface area contributed by atoms with Gasteiger partial charge in [-0.25, -0.2) is 0 Å². The van der Waals surface area contributed by atoms with Gasteiger partial charge in [0.25, 0.3) is 5.91 Å². The van der Waals surface area contributed by atoms with Gasteiger partial charge in [-0.05, 0) is 50.2 Å². The number of amides is 1. The summed E-state index contributed by atoms with van der Waals surface area (Å²) in [7, 11) is 0. The van der Waals surface area contributed by atoms with Crippen molar-refractivity contribution in [3.8, 4) is 0 Å². The molecule has 2 aromatic rings. The van der Waals surface area contributed by atoms with Gasteiger partial charge in [0.2, 0.25) is 0 Å². The average molecular weight is 419 g/mol. The Morgan fingerprint density at radius 3 is 2.62 bits per heavy atom. The molecule has 6 nitrogen and oxygen atoms in total. The summed E-state index contributed by atoms with van der Waals surface area (Å²) in [6.45, 7) is 1.60. The van der Waals surface area contributed by atoms with E-state index < -0.39 is 0 Å². The molecule has 0 radical (unpaired) electrons. The molecule has 0 saturated carbocycles. The number of halogens is 1. The summed E-state index contributed by atoms with van der Waals surface area (Å²) in [6.07, 6.45) is 11.1. The molecular formula is C22H31ClN4O2. The van der Waals surface area contributed by atoms with Crippen LogP contribution in [-0.2, 0) is 17.6 Å². The van der Waals surface area contributed by atoms with Crippen molar-refractivity contribution in [1.82, 2.24) is 10.3 Å². The fourth-order valence-electron chi connectivity index (χ4n) is 3.88. The van der Waals surface area contributed by atoms with Gasteiger partial charge in [-0.3, -0.25) is 9.78 Å². The molecule has 7 heteroatoms. The molecule has 1 aliphatic carbocycles. The lowest BCUT2D eigenvalue weighted by Gasteiger charge is -2.21. The van der Waals surface area contributed by atoms with Gasteiger partial charge in [-0.2, -0.15) is 0 Å². The largest absolute Gasteiger partial charge is 0.411 e. The molecule has 0 unspecified atom stereocenters. The molecule has 1 aromatic carbocycles. The zero-order chi connectivity index (χ0) is 19.6. The number of carbonyl (C=O) groups is 1. The summed E-state index contributed by atoms with van der Waals surface area (Å²) in [6, 6.07) is 8.44. The van der Waals surface area contributed by atoms with Crippen molar-refractivity contribution in [2.75, 3.05) is 18.4 Å². The van der Waals surface area contributed by atoms with E-state index in [4.69, 9.17) is 10.2 Å². The summed E-state index contributed by atoms with van der Waals surface area (Å²) in [5.41, 5.74) is 5.10. The topological polar surface area (TPSA) is 86.6 Å². The number of hydrogen-bond acceptors (Lipinski definition) is 5. The van der Waals surface area contributed by atoms with E-state index in [1.807, 2.05) is 0 Å². The zero-order valence-corrected chi connectivity index (χ0v) is 17.6. The second kappa shape index (κ2) is 12.3. The number of para-hydroxylation sites is 1. The van der Waals surface area contributed by atoms with E-state index in [1.54, 1.807) is 0 Å². The first kappa shape index (κ1) is 22.9. The first-order chi connectivity index (χ1) is 13.8. The van der Waals surface area contributed by atoms with E-state index in [-0.39, 0.29) is 18.3 Å². The predicted octanol–water partition coefficient (Wildman–Crippen LogP) is 4.47. The van der Waals surface area contributed by atoms with Crippen LogP contribution in [0.1, 0.15) is 56.2 Å². The second-order valence-corrected chi connectivity index (χ2v) is 7.37. The van der Waals surface area contributed by atoms with Gasteiger partial charge in [0.15, 0.2) is 0 Å². The minimum Gasteiger partial charge on any atom is -0.411 e. The van der Waals surface area contributed by atoms with E-state index in [0.717, 1.165) is 56.8 Å². The first-order valence-corrected chi connectivity index (χ1v) is 10.4. The third-order valence-corrected chi connectivity index (χ3v) is 5.30. The van der Waals surface area contributed by atoms with Gasteiger partial charge in [0.1, 0.15) is 6.21 Å². The number of anilines is 1. The number of hydrogen-bond donors (Lipinski definition) is 3. The lowest BCUT2D eigenvalue weighted by atomic mass is 9.92. The van der Waals surface area contributed by atoms with Crippen LogP contribution in [0.3, 0.4) is 0 Å². The van der Waals surface area contributed by atoms with Gasteiger partial charge in [0.05, 0.1) is 5.52 Å². The van der Waals surface area contributed by atoms with E-state index in [0.29, 0.717) is 6.54 Å². The zero-order valence-electron chi connectivity index (χ0n) is 16.8. The Balaban J connectivity index is 0.00000300. The standard InChI is InChI=1S/C22H30N4O2.ClH/c27-21(16-25-28)23-14-8-2-1-3-9-15-24-22-17-10-4-6-12-19(17)26-20-13-7-5-11-18(20)22;/h4,6,10,12,16,28H,1-3,5,7-9,11,13-15H2,(H,23,27)(H,24,26);1H/b25-16+;. The van der Waals surface area contributed by atoms with Crippen LogP contribution in [0.4, 0.5) is 5.69 Å². The van der Waals surface area contributed by atoms with E-state index in [1.165, 1.54) is 41.6 Å². The molecule has 158 valence electrons. The van der Waals surface area contributed by atoms with Crippen molar-refractivity contribution < 1.29 is 10.0 Å². The fourth-order valence-corrected chi connectivity index (χ4v) is 3.88. The Hall–Kier alpha value is -2.34. The van der Waals surface area contributed by atoms with Crippen molar-refractivity contribution in [2.24, 2.45) is 5.16 Å². The molecule has 0 spiro atoms. The Labute approximate surface area is 178 Å². The van der Waals surface area contributed by atoms with Crippen molar-refractivity contribution in [3.63, 3.8) is 0 Å². The summed E-state index contributed by atoms with van der Waals surface area (Å²) in [5.74, 6) is -0.348. The number of rotatable bonds is 10. The van der Waals surface area contributed by atoms with Crippen molar-refractivity contribution in [2.45, 2.75) is 57.8 Å². The van der Waals surface area contributed by atoms with Crippen LogP contribution in [0.5, 0.6) is 0 Å². The molecule has 1 heterocycles. The van der Waals surface area contributed by atoms with Gasteiger partial charge in [-0.15, -0.1) is 12.4 Å². The fraction of sp³-hybridized carbons (Fsp3) is 0.500. The van der Waals surface area contributed by atoms with Crippen molar-refractivity contribution >= 4 is 41.1 Å². The minimum absolute atomic E-state index is 0. The van der Waals surface area contributed by atoms with Crippen LogP contribution in [0, 0.1) is 0 Å². The van der Waals surface area contributed by atoms with Crippen molar-refractivity contribution in [1.29, 1.82) is 0 Å². The van der Waals surface area contributed by atoms with E-state index in [2.05, 4.69) is 40.1 Å². The van der Waals surface area contributed by atoms with Crippen molar-refractivity contribution in [3.05, 3.63) is 35.5 Å². The smallest absolute Gasteiger partial charge is 0.265 e. The van der Waals surface area contributed by atoms with Crippen LogP contribution in [0.15, 0.2) is 29.4 Å². The van der Waals surface area contributed by atoms with Gasteiger partial charge in [-0.1, -0.05) is 42.6 Å². The highest BCUT2D eigenvalue weighted by atomic mass is 35.5.